The highest BCUT2D eigenvalue weighted by Crippen LogP contribution is 2.36. The summed E-state index contributed by atoms with van der Waals surface area (Å²) in [6.07, 6.45) is 0. The lowest BCUT2D eigenvalue weighted by atomic mass is 9.97. The van der Waals surface area contributed by atoms with Crippen molar-refractivity contribution in [2.45, 2.75) is 0 Å². The number of hydrogen-bond acceptors (Lipinski definition) is 2. The number of ether oxygens (including phenoxy) is 2. The molecule has 0 amide bonds. The van der Waals surface area contributed by atoms with E-state index in [4.69, 9.17) is 9.47 Å². The third kappa shape index (κ3) is 4.41. The summed E-state index contributed by atoms with van der Waals surface area (Å²) in [5, 5.41) is 19.3. The van der Waals surface area contributed by atoms with Gasteiger partial charge in [0.2, 0.25) is 6.79 Å². The van der Waals surface area contributed by atoms with Gasteiger partial charge in [0.15, 0.2) is 0 Å². The monoisotopic (exact) mass is 600 g/mol. The largest absolute Gasteiger partial charge is 0.457 e. The van der Waals surface area contributed by atoms with Crippen LogP contribution in [0.3, 0.4) is 0 Å². The molecule has 0 aliphatic heterocycles. The molecule has 0 spiro atoms. The molecule has 0 aliphatic rings. The standard InChI is InChI=1S/C45H28O2/c1-3-9-30-17-36-23-40-25-42-32(19-38(40)21-34(36)15-28(30)7-1)11-5-13-44(42)46-27-47-45-14-6-12-33-20-39-22-35-16-29-8-2-4-10-31(29)18-37(35)24-41(39)26-43(33)45/h1-26H,27H2. The van der Waals surface area contributed by atoms with Crippen LogP contribution in [-0.4, -0.2) is 6.79 Å². The van der Waals surface area contributed by atoms with E-state index in [1.54, 1.807) is 0 Å². The number of rotatable bonds is 4. The lowest BCUT2D eigenvalue weighted by Crippen LogP contribution is -2.06. The van der Waals surface area contributed by atoms with Gasteiger partial charge in [0.05, 0.1) is 0 Å². The van der Waals surface area contributed by atoms with Gasteiger partial charge in [-0.25, -0.2) is 0 Å². The van der Waals surface area contributed by atoms with Gasteiger partial charge in [-0.1, -0.05) is 72.8 Å². The maximum absolute atomic E-state index is 6.33. The Morgan fingerprint density at radius 3 is 0.894 bits per heavy atom. The van der Waals surface area contributed by atoms with Crippen LogP contribution in [0.5, 0.6) is 11.5 Å². The van der Waals surface area contributed by atoms with Gasteiger partial charge >= 0.3 is 0 Å². The van der Waals surface area contributed by atoms with Gasteiger partial charge < -0.3 is 9.47 Å². The highest BCUT2D eigenvalue weighted by molar-refractivity contribution is 6.10. The van der Waals surface area contributed by atoms with E-state index in [0.717, 1.165) is 33.0 Å². The molecule has 0 fully saturated rings. The topological polar surface area (TPSA) is 18.5 Å². The molecule has 0 unspecified atom stereocenters. The van der Waals surface area contributed by atoms with Gasteiger partial charge in [-0.15, -0.1) is 0 Å². The lowest BCUT2D eigenvalue weighted by molar-refractivity contribution is 0.123. The maximum atomic E-state index is 6.33. The van der Waals surface area contributed by atoms with Crippen molar-refractivity contribution in [3.8, 4) is 11.5 Å². The van der Waals surface area contributed by atoms with Gasteiger partial charge in [0.1, 0.15) is 11.5 Å². The molecule has 0 aromatic heterocycles. The van der Waals surface area contributed by atoms with E-state index < -0.39 is 0 Å². The minimum Gasteiger partial charge on any atom is -0.457 e. The molecule has 0 saturated carbocycles. The molecule has 0 bridgehead atoms. The highest BCUT2D eigenvalue weighted by Gasteiger charge is 2.10. The summed E-state index contributed by atoms with van der Waals surface area (Å²) >= 11 is 0. The zero-order valence-electron chi connectivity index (χ0n) is 25.5. The van der Waals surface area contributed by atoms with Crippen LogP contribution in [0.1, 0.15) is 0 Å². The fourth-order valence-corrected chi connectivity index (χ4v) is 7.29. The summed E-state index contributed by atoms with van der Waals surface area (Å²) in [5.74, 6) is 1.62. The first kappa shape index (κ1) is 26.1. The van der Waals surface area contributed by atoms with Gasteiger partial charge in [-0.3, -0.25) is 0 Å². The van der Waals surface area contributed by atoms with E-state index in [1.807, 2.05) is 12.1 Å². The van der Waals surface area contributed by atoms with Crippen LogP contribution in [-0.2, 0) is 0 Å². The van der Waals surface area contributed by atoms with Crippen LogP contribution in [0.2, 0.25) is 0 Å². The molecule has 10 aromatic rings. The van der Waals surface area contributed by atoms with Crippen molar-refractivity contribution in [3.63, 3.8) is 0 Å². The van der Waals surface area contributed by atoms with Crippen LogP contribution >= 0.6 is 0 Å². The first-order valence-corrected chi connectivity index (χ1v) is 16.1. The zero-order chi connectivity index (χ0) is 30.9. The van der Waals surface area contributed by atoms with E-state index in [1.165, 1.54) is 64.6 Å². The summed E-state index contributed by atoms with van der Waals surface area (Å²) in [6, 6.07) is 56.8. The average molecular weight is 601 g/mol. The van der Waals surface area contributed by atoms with Crippen molar-refractivity contribution in [1.82, 2.24) is 0 Å². The van der Waals surface area contributed by atoms with Crippen LogP contribution in [0.25, 0.3) is 86.2 Å². The molecule has 2 nitrogen and oxygen atoms in total. The number of hydrogen-bond donors (Lipinski definition) is 0. The zero-order valence-corrected chi connectivity index (χ0v) is 25.5. The summed E-state index contributed by atoms with van der Waals surface area (Å²) in [6.45, 7) is 0.113. The Morgan fingerprint density at radius 2 is 0.532 bits per heavy atom. The molecular weight excluding hydrogens is 572 g/mol. The summed E-state index contributed by atoms with van der Waals surface area (Å²) < 4.78 is 12.7. The van der Waals surface area contributed by atoms with Gasteiger partial charge in [-0.2, -0.15) is 0 Å². The van der Waals surface area contributed by atoms with Crippen molar-refractivity contribution in [3.05, 3.63) is 158 Å². The summed E-state index contributed by atoms with van der Waals surface area (Å²) in [4.78, 5) is 0. The van der Waals surface area contributed by atoms with Crippen molar-refractivity contribution in [1.29, 1.82) is 0 Å². The number of fused-ring (bicyclic) bond motifs is 8. The van der Waals surface area contributed by atoms with Crippen LogP contribution in [0.15, 0.2) is 158 Å². The smallest absolute Gasteiger partial charge is 0.230 e. The van der Waals surface area contributed by atoms with E-state index in [2.05, 4.69) is 146 Å². The summed E-state index contributed by atoms with van der Waals surface area (Å²) in [5.41, 5.74) is 0. The highest BCUT2D eigenvalue weighted by atomic mass is 16.7. The second-order valence-corrected chi connectivity index (χ2v) is 12.6. The van der Waals surface area contributed by atoms with E-state index in [-0.39, 0.29) is 6.79 Å². The predicted molar refractivity (Wildman–Crippen MR) is 199 cm³/mol. The van der Waals surface area contributed by atoms with Crippen molar-refractivity contribution in [2.24, 2.45) is 0 Å². The fourth-order valence-electron chi connectivity index (χ4n) is 7.29. The molecular formula is C45H28O2. The molecule has 10 rings (SSSR count). The molecule has 0 atom stereocenters. The Balaban J connectivity index is 0.983. The molecule has 0 saturated heterocycles. The molecule has 47 heavy (non-hydrogen) atoms. The van der Waals surface area contributed by atoms with E-state index in [9.17, 15) is 0 Å². The Bertz CT molecular complexity index is 2690. The van der Waals surface area contributed by atoms with Crippen LogP contribution < -0.4 is 9.47 Å². The third-order valence-electron chi connectivity index (χ3n) is 9.66. The van der Waals surface area contributed by atoms with Crippen molar-refractivity contribution >= 4 is 86.2 Å². The predicted octanol–water partition coefficient (Wildman–Crippen LogP) is 12.3. The van der Waals surface area contributed by atoms with Gasteiger partial charge in [0.25, 0.3) is 0 Å². The second-order valence-electron chi connectivity index (χ2n) is 12.6. The first-order valence-electron chi connectivity index (χ1n) is 16.1. The van der Waals surface area contributed by atoms with Gasteiger partial charge in [-0.05, 0) is 160 Å². The molecule has 220 valence electrons. The maximum Gasteiger partial charge on any atom is 0.230 e. The van der Waals surface area contributed by atoms with Crippen LogP contribution in [0.4, 0.5) is 0 Å². The first-order chi connectivity index (χ1) is 23.2. The minimum absolute atomic E-state index is 0.113. The second kappa shape index (κ2) is 10.2. The van der Waals surface area contributed by atoms with Crippen molar-refractivity contribution < 1.29 is 9.47 Å². The molecule has 10 aromatic carbocycles. The average Bonchev–Trinajstić information content (AvgIpc) is 3.10. The van der Waals surface area contributed by atoms with Gasteiger partial charge in [0, 0.05) is 10.8 Å². The third-order valence-corrected chi connectivity index (χ3v) is 9.66. The SMILES string of the molecule is c1ccc2cc3cc4cc5c(OCOc6cccc7cc8cc9cc%10ccccc%10cc9cc8cc67)cccc5cc4cc3cc2c1. The Kier molecular flexibility index (Phi) is 5.67. The molecule has 0 radical (unpaired) electrons. The number of benzene rings is 10. The lowest BCUT2D eigenvalue weighted by Gasteiger charge is -2.14. The Labute approximate surface area is 271 Å². The van der Waals surface area contributed by atoms with E-state index >= 15 is 0 Å². The normalized spacial score (nSPS) is 11.9. The fraction of sp³-hybridized carbons (Fsp3) is 0.0222. The van der Waals surface area contributed by atoms with E-state index in [0.29, 0.717) is 0 Å². The molecule has 2 heteroatoms. The molecule has 0 N–H and O–H groups in total. The Morgan fingerprint density at radius 1 is 0.255 bits per heavy atom. The summed E-state index contributed by atoms with van der Waals surface area (Å²) in [7, 11) is 0. The molecule has 0 heterocycles. The van der Waals surface area contributed by atoms with Crippen molar-refractivity contribution in [2.75, 3.05) is 6.79 Å². The quantitative estimate of drug-likeness (QED) is 0.148. The minimum atomic E-state index is 0.113. The molecule has 0 aliphatic carbocycles. The van der Waals surface area contributed by atoms with Crippen LogP contribution in [0, 0.1) is 0 Å². The Hall–Kier alpha value is -6.12.